The number of thioether (sulfide) groups is 1. The van der Waals surface area contributed by atoms with Gasteiger partial charge in [-0.1, -0.05) is 57.3 Å². The fraction of sp³-hybridized carbons (Fsp3) is 0.773. The van der Waals surface area contributed by atoms with Gasteiger partial charge in [-0.2, -0.15) is 0 Å². The molecule has 0 aromatic heterocycles. The van der Waals surface area contributed by atoms with Gasteiger partial charge in [-0.15, -0.1) is 11.8 Å². The second-order valence-corrected chi connectivity index (χ2v) is 8.73. The van der Waals surface area contributed by atoms with Crippen molar-refractivity contribution in [1.29, 1.82) is 0 Å². The smallest absolute Gasteiger partial charge is 0.303 e. The van der Waals surface area contributed by atoms with Gasteiger partial charge < -0.3 is 5.11 Å². The zero-order valence-corrected chi connectivity index (χ0v) is 17.4. The molecule has 0 saturated heterocycles. The molecule has 0 fully saturated rings. The average molecular weight is 367 g/mol. The first-order valence-electron chi connectivity index (χ1n) is 10.3. The molecule has 2 unspecified atom stereocenters. The Hall–Kier alpha value is -0.700. The molecular formula is C22H38O2S. The monoisotopic (exact) mass is 366 g/mol. The molecule has 25 heavy (non-hydrogen) atoms. The van der Waals surface area contributed by atoms with Gasteiger partial charge in [0.2, 0.25) is 0 Å². The SMILES string of the molecule is CCCCC(C)CC/C=C/C1CCC(C)=C1SCCCCCC(=O)O. The van der Waals surface area contributed by atoms with Gasteiger partial charge in [0.1, 0.15) is 0 Å². The normalized spacial score (nSPS) is 19.1. The van der Waals surface area contributed by atoms with E-state index < -0.39 is 5.97 Å². The van der Waals surface area contributed by atoms with Crippen LogP contribution >= 0.6 is 11.8 Å². The molecule has 0 aromatic rings. The van der Waals surface area contributed by atoms with Gasteiger partial charge in [-0.25, -0.2) is 0 Å². The highest BCUT2D eigenvalue weighted by Crippen LogP contribution is 2.40. The van der Waals surface area contributed by atoms with Crippen molar-refractivity contribution < 1.29 is 9.90 Å². The van der Waals surface area contributed by atoms with Crippen LogP contribution in [0.25, 0.3) is 0 Å². The Morgan fingerprint density at radius 2 is 2.08 bits per heavy atom. The molecule has 0 heterocycles. The summed E-state index contributed by atoms with van der Waals surface area (Å²) in [5.41, 5.74) is 1.57. The molecule has 2 atom stereocenters. The van der Waals surface area contributed by atoms with Gasteiger partial charge in [0, 0.05) is 12.3 Å². The van der Waals surface area contributed by atoms with Crippen LogP contribution in [0.3, 0.4) is 0 Å². The van der Waals surface area contributed by atoms with Crippen LogP contribution in [0, 0.1) is 11.8 Å². The van der Waals surface area contributed by atoms with E-state index in [0.717, 1.165) is 30.9 Å². The zero-order chi connectivity index (χ0) is 18.5. The standard InChI is InChI=1S/C22H38O2S/c1-4-5-11-18(2)12-8-9-13-20-16-15-19(3)22(20)25-17-10-6-7-14-21(23)24/h9,13,18,20H,4-8,10-12,14-17H2,1-3H3,(H,23,24)/b13-9+. The second-order valence-electron chi connectivity index (χ2n) is 7.60. The van der Waals surface area contributed by atoms with Gasteiger partial charge in [-0.3, -0.25) is 4.79 Å². The van der Waals surface area contributed by atoms with E-state index in [1.165, 1.54) is 44.9 Å². The molecule has 2 nitrogen and oxygen atoms in total. The summed E-state index contributed by atoms with van der Waals surface area (Å²) in [6.07, 6.45) is 17.2. The zero-order valence-electron chi connectivity index (χ0n) is 16.6. The fourth-order valence-electron chi connectivity index (χ4n) is 3.43. The molecule has 0 radical (unpaired) electrons. The Morgan fingerprint density at radius 3 is 2.80 bits per heavy atom. The van der Waals surface area contributed by atoms with Gasteiger partial charge in [-0.05, 0) is 62.0 Å². The number of hydrogen-bond donors (Lipinski definition) is 1. The van der Waals surface area contributed by atoms with Crippen molar-refractivity contribution in [3.8, 4) is 0 Å². The summed E-state index contributed by atoms with van der Waals surface area (Å²) in [6.45, 7) is 6.94. The van der Waals surface area contributed by atoms with Gasteiger partial charge in [0.25, 0.3) is 0 Å². The number of aliphatic carboxylic acids is 1. The maximum Gasteiger partial charge on any atom is 0.303 e. The van der Waals surface area contributed by atoms with Crippen molar-refractivity contribution in [1.82, 2.24) is 0 Å². The summed E-state index contributed by atoms with van der Waals surface area (Å²) >= 11 is 2.02. The third-order valence-corrected chi connectivity index (χ3v) is 6.58. The van der Waals surface area contributed by atoms with Crippen molar-refractivity contribution in [3.63, 3.8) is 0 Å². The van der Waals surface area contributed by atoms with Crippen LogP contribution in [-0.4, -0.2) is 16.8 Å². The molecule has 0 saturated carbocycles. The third-order valence-electron chi connectivity index (χ3n) is 5.13. The molecule has 0 aliphatic heterocycles. The number of rotatable bonds is 14. The highest BCUT2D eigenvalue weighted by atomic mass is 32.2. The maximum atomic E-state index is 10.5. The summed E-state index contributed by atoms with van der Waals surface area (Å²) in [4.78, 5) is 12.1. The first-order chi connectivity index (χ1) is 12.0. The number of allylic oxidation sites excluding steroid dienone is 4. The number of carbonyl (C=O) groups is 1. The number of unbranched alkanes of at least 4 members (excludes halogenated alkanes) is 3. The first kappa shape index (κ1) is 22.3. The minimum absolute atomic E-state index is 0.314. The minimum Gasteiger partial charge on any atom is -0.481 e. The highest BCUT2D eigenvalue weighted by Gasteiger charge is 2.21. The van der Waals surface area contributed by atoms with Crippen molar-refractivity contribution in [2.75, 3.05) is 5.75 Å². The van der Waals surface area contributed by atoms with Crippen LogP contribution in [0.5, 0.6) is 0 Å². The van der Waals surface area contributed by atoms with E-state index in [2.05, 4.69) is 32.9 Å². The predicted molar refractivity (Wildman–Crippen MR) is 111 cm³/mol. The van der Waals surface area contributed by atoms with E-state index in [4.69, 9.17) is 5.11 Å². The van der Waals surface area contributed by atoms with Crippen molar-refractivity contribution >= 4 is 17.7 Å². The Balaban J connectivity index is 2.25. The van der Waals surface area contributed by atoms with Crippen molar-refractivity contribution in [3.05, 3.63) is 22.6 Å². The van der Waals surface area contributed by atoms with Crippen LogP contribution in [0.1, 0.15) is 91.4 Å². The van der Waals surface area contributed by atoms with Crippen LogP contribution in [0.4, 0.5) is 0 Å². The first-order valence-corrected chi connectivity index (χ1v) is 11.2. The van der Waals surface area contributed by atoms with Crippen LogP contribution in [-0.2, 0) is 4.79 Å². The lowest BCUT2D eigenvalue weighted by Crippen LogP contribution is -1.96. The molecule has 1 aliphatic carbocycles. The summed E-state index contributed by atoms with van der Waals surface area (Å²) in [5, 5.41) is 8.67. The largest absolute Gasteiger partial charge is 0.481 e. The Labute approximate surface area is 159 Å². The summed E-state index contributed by atoms with van der Waals surface area (Å²) in [7, 11) is 0. The van der Waals surface area contributed by atoms with E-state index in [-0.39, 0.29) is 0 Å². The lowest BCUT2D eigenvalue weighted by Gasteiger charge is -2.12. The summed E-state index contributed by atoms with van der Waals surface area (Å²) in [6, 6.07) is 0. The van der Waals surface area contributed by atoms with Gasteiger partial charge >= 0.3 is 5.97 Å². The summed E-state index contributed by atoms with van der Waals surface area (Å²) in [5.74, 6) is 1.95. The molecule has 0 bridgehead atoms. The minimum atomic E-state index is -0.670. The third kappa shape index (κ3) is 10.1. The molecule has 144 valence electrons. The van der Waals surface area contributed by atoms with Crippen LogP contribution in [0.2, 0.25) is 0 Å². The summed E-state index contributed by atoms with van der Waals surface area (Å²) < 4.78 is 0. The van der Waals surface area contributed by atoms with E-state index in [1.807, 2.05) is 11.8 Å². The lowest BCUT2D eigenvalue weighted by molar-refractivity contribution is -0.137. The number of carboxylic acids is 1. The second kappa shape index (κ2) is 13.5. The Morgan fingerprint density at radius 1 is 1.28 bits per heavy atom. The van der Waals surface area contributed by atoms with Gasteiger partial charge in [0.15, 0.2) is 0 Å². The highest BCUT2D eigenvalue weighted by molar-refractivity contribution is 8.03. The Kier molecular flexibility index (Phi) is 12.1. The predicted octanol–water partition coefficient (Wildman–Crippen LogP) is 7.21. The molecule has 1 aliphatic rings. The van der Waals surface area contributed by atoms with Crippen LogP contribution in [0.15, 0.2) is 22.6 Å². The molecule has 1 rings (SSSR count). The Bertz CT molecular complexity index is 439. The molecule has 3 heteroatoms. The maximum absolute atomic E-state index is 10.5. The van der Waals surface area contributed by atoms with E-state index in [1.54, 1.807) is 10.5 Å². The van der Waals surface area contributed by atoms with E-state index >= 15 is 0 Å². The average Bonchev–Trinajstić information content (AvgIpc) is 2.92. The fourth-order valence-corrected chi connectivity index (χ4v) is 4.76. The quantitative estimate of drug-likeness (QED) is 0.260. The van der Waals surface area contributed by atoms with Crippen LogP contribution < -0.4 is 0 Å². The van der Waals surface area contributed by atoms with Gasteiger partial charge in [0.05, 0.1) is 0 Å². The number of carboxylic acid groups (broad SMARTS) is 1. The molecule has 0 amide bonds. The lowest BCUT2D eigenvalue weighted by atomic mass is 9.98. The van der Waals surface area contributed by atoms with E-state index in [9.17, 15) is 4.79 Å². The number of hydrogen-bond acceptors (Lipinski definition) is 2. The molecular weight excluding hydrogens is 328 g/mol. The molecule has 1 N–H and O–H groups in total. The van der Waals surface area contributed by atoms with Crippen molar-refractivity contribution in [2.45, 2.75) is 91.4 Å². The van der Waals surface area contributed by atoms with E-state index in [0.29, 0.717) is 12.3 Å². The molecule has 0 spiro atoms. The molecule has 0 aromatic carbocycles. The van der Waals surface area contributed by atoms with Crippen molar-refractivity contribution in [2.24, 2.45) is 11.8 Å². The topological polar surface area (TPSA) is 37.3 Å².